The predicted molar refractivity (Wildman–Crippen MR) is 134 cm³/mol. The first kappa shape index (κ1) is 21.7. The molecule has 5 aromatic rings. The summed E-state index contributed by atoms with van der Waals surface area (Å²) in [6.45, 7) is 2.13. The summed E-state index contributed by atoms with van der Waals surface area (Å²) in [4.78, 5) is 23.5. The van der Waals surface area contributed by atoms with Crippen molar-refractivity contribution >= 4 is 16.9 Å². The minimum atomic E-state index is -0.635. The van der Waals surface area contributed by atoms with Crippen LogP contribution < -0.4 is 10.5 Å². The van der Waals surface area contributed by atoms with Gasteiger partial charge >= 0.3 is 5.76 Å². The first-order valence-electron chi connectivity index (χ1n) is 12.2. The summed E-state index contributed by atoms with van der Waals surface area (Å²) >= 11 is 0. The lowest BCUT2D eigenvalue weighted by atomic mass is 9.89. The van der Waals surface area contributed by atoms with Gasteiger partial charge in [-0.15, -0.1) is 0 Å². The second-order valence-corrected chi connectivity index (χ2v) is 9.55. The Bertz CT molecular complexity index is 1780. The number of fused-ring (bicyclic) bond motifs is 3. The summed E-state index contributed by atoms with van der Waals surface area (Å²) in [6.07, 6.45) is 6.78. The molecule has 0 amide bonds. The van der Waals surface area contributed by atoms with E-state index in [-0.39, 0.29) is 12.4 Å². The van der Waals surface area contributed by atoms with E-state index in [4.69, 9.17) is 14.2 Å². The normalized spacial score (nSPS) is 16.2. The van der Waals surface area contributed by atoms with Crippen LogP contribution in [0.3, 0.4) is 0 Å². The molecule has 8 nitrogen and oxygen atoms in total. The zero-order chi connectivity index (χ0) is 25.1. The van der Waals surface area contributed by atoms with E-state index < -0.39 is 5.76 Å². The van der Waals surface area contributed by atoms with Gasteiger partial charge in [-0.25, -0.2) is 19.2 Å². The lowest BCUT2D eigenvalue weighted by molar-refractivity contribution is 0.305. The molecule has 1 aliphatic carbocycles. The molecule has 1 saturated carbocycles. The van der Waals surface area contributed by atoms with Crippen molar-refractivity contribution in [1.82, 2.24) is 24.5 Å². The van der Waals surface area contributed by atoms with Gasteiger partial charge in [0.1, 0.15) is 18.2 Å². The predicted octanol–water partition coefficient (Wildman–Crippen LogP) is 4.88. The van der Waals surface area contributed by atoms with Crippen molar-refractivity contribution in [3.8, 4) is 5.75 Å². The molecule has 37 heavy (non-hydrogen) atoms. The van der Waals surface area contributed by atoms with E-state index in [0.29, 0.717) is 29.5 Å². The van der Waals surface area contributed by atoms with Crippen molar-refractivity contribution in [2.75, 3.05) is 0 Å². The SMILES string of the molecule is C/C(=C1/c2ccc(Cc3c(C4CC4)nc4ncccn34)cc2COc2cc(F)ccc21)c1noc(=O)[nH]1. The summed E-state index contributed by atoms with van der Waals surface area (Å²) in [5.74, 6) is 0.945. The molecule has 4 heterocycles. The number of imidazole rings is 1. The number of allylic oxidation sites excluding steroid dienone is 1. The third-order valence-electron chi connectivity index (χ3n) is 7.07. The van der Waals surface area contributed by atoms with Crippen LogP contribution in [-0.4, -0.2) is 24.5 Å². The maximum absolute atomic E-state index is 14.1. The van der Waals surface area contributed by atoms with Crippen molar-refractivity contribution in [1.29, 1.82) is 0 Å². The number of hydrogen-bond donors (Lipinski definition) is 1. The lowest BCUT2D eigenvalue weighted by Crippen LogP contribution is -2.02. The zero-order valence-electron chi connectivity index (χ0n) is 20.0. The fourth-order valence-electron chi connectivity index (χ4n) is 5.16. The van der Waals surface area contributed by atoms with Crippen LogP contribution in [-0.2, 0) is 13.0 Å². The van der Waals surface area contributed by atoms with Crippen LogP contribution in [0.5, 0.6) is 5.75 Å². The second-order valence-electron chi connectivity index (χ2n) is 9.55. The topological polar surface area (TPSA) is 98.3 Å². The van der Waals surface area contributed by atoms with Crippen molar-refractivity contribution in [3.05, 3.63) is 111 Å². The van der Waals surface area contributed by atoms with Gasteiger partial charge in [-0.1, -0.05) is 23.4 Å². The maximum Gasteiger partial charge on any atom is 0.439 e. The molecule has 9 heteroatoms. The second kappa shape index (κ2) is 8.26. The number of ether oxygens (including phenoxy) is 1. The fourth-order valence-corrected chi connectivity index (χ4v) is 5.16. The summed E-state index contributed by atoms with van der Waals surface area (Å²) < 4.78 is 27.1. The molecule has 0 spiro atoms. The number of nitrogens with zero attached hydrogens (tertiary/aromatic N) is 4. The molecule has 0 unspecified atom stereocenters. The first-order chi connectivity index (χ1) is 18.0. The molecule has 1 aliphatic heterocycles. The molecule has 0 saturated heterocycles. The molecule has 3 aromatic heterocycles. The molecule has 2 aliphatic rings. The highest BCUT2D eigenvalue weighted by atomic mass is 19.1. The minimum Gasteiger partial charge on any atom is -0.488 e. The van der Waals surface area contributed by atoms with Gasteiger partial charge in [0.25, 0.3) is 0 Å². The van der Waals surface area contributed by atoms with E-state index in [1.54, 1.807) is 12.3 Å². The van der Waals surface area contributed by atoms with Gasteiger partial charge in [0.15, 0.2) is 5.82 Å². The highest BCUT2D eigenvalue weighted by Crippen LogP contribution is 2.43. The van der Waals surface area contributed by atoms with Gasteiger partial charge < -0.3 is 4.74 Å². The number of hydrogen-bond acceptors (Lipinski definition) is 6. The summed E-state index contributed by atoms with van der Waals surface area (Å²) in [5, 5.41) is 3.88. The molecular formula is C28H22FN5O3. The lowest BCUT2D eigenvalue weighted by Gasteiger charge is -2.14. The Labute approximate surface area is 210 Å². The van der Waals surface area contributed by atoms with E-state index in [2.05, 4.69) is 37.7 Å². The molecular weight excluding hydrogens is 473 g/mol. The van der Waals surface area contributed by atoms with Crippen molar-refractivity contribution in [3.63, 3.8) is 0 Å². The van der Waals surface area contributed by atoms with Gasteiger partial charge in [0.2, 0.25) is 5.78 Å². The minimum absolute atomic E-state index is 0.274. The van der Waals surface area contributed by atoms with Crippen molar-refractivity contribution < 1.29 is 13.7 Å². The maximum atomic E-state index is 14.1. The Kier molecular flexibility index (Phi) is 4.85. The van der Waals surface area contributed by atoms with E-state index >= 15 is 0 Å². The van der Waals surface area contributed by atoms with Gasteiger partial charge in [-0.05, 0) is 60.2 Å². The van der Waals surface area contributed by atoms with E-state index in [1.807, 2.05) is 19.2 Å². The summed E-state index contributed by atoms with van der Waals surface area (Å²) in [7, 11) is 0. The fraction of sp³-hybridized carbons (Fsp3) is 0.214. The van der Waals surface area contributed by atoms with Crippen LogP contribution >= 0.6 is 0 Å². The average Bonchev–Trinajstić information content (AvgIpc) is 3.59. The van der Waals surface area contributed by atoms with Crippen molar-refractivity contribution in [2.24, 2.45) is 0 Å². The quantitative estimate of drug-likeness (QED) is 0.382. The standard InChI is InChI=1S/C28H22FN5O3/c1-15(26-32-28(35)37-33-26)24-20-7-3-16(11-18(20)14-36-23-13-19(29)6-8-21(23)24)12-22-25(17-4-5-17)31-27-30-9-2-10-34(22)27/h2-3,6-11,13,17H,4-5,12,14H2,1H3,(H,32,33,35)/b24-15+. The third-order valence-corrected chi connectivity index (χ3v) is 7.07. The van der Waals surface area contributed by atoms with Crippen LogP contribution in [0.1, 0.15) is 65.1 Å². The Morgan fingerprint density at radius 2 is 2.05 bits per heavy atom. The smallest absolute Gasteiger partial charge is 0.439 e. The molecule has 7 rings (SSSR count). The number of nitrogens with one attached hydrogen (secondary N) is 1. The number of halogens is 1. The largest absolute Gasteiger partial charge is 0.488 e. The van der Waals surface area contributed by atoms with E-state index in [1.165, 1.54) is 12.1 Å². The molecule has 1 N–H and O–H groups in total. The third kappa shape index (κ3) is 3.74. The zero-order valence-corrected chi connectivity index (χ0v) is 20.0. The highest BCUT2D eigenvalue weighted by Gasteiger charge is 2.30. The first-order valence-corrected chi connectivity index (χ1v) is 12.2. The van der Waals surface area contributed by atoms with Gasteiger partial charge in [0.05, 0.1) is 11.4 Å². The summed E-state index contributed by atoms with van der Waals surface area (Å²) in [5.41, 5.74) is 7.49. The molecule has 184 valence electrons. The Balaban J connectivity index is 1.36. The summed E-state index contributed by atoms with van der Waals surface area (Å²) in [6, 6.07) is 12.7. The van der Waals surface area contributed by atoms with Crippen molar-refractivity contribution in [2.45, 2.75) is 38.7 Å². The highest BCUT2D eigenvalue weighted by molar-refractivity contribution is 5.99. The number of H-pyrrole nitrogens is 1. The molecule has 1 fully saturated rings. The van der Waals surface area contributed by atoms with Crippen LogP contribution in [0, 0.1) is 5.82 Å². The number of rotatable bonds is 4. The van der Waals surface area contributed by atoms with Gasteiger partial charge in [-0.3, -0.25) is 13.9 Å². The molecule has 0 radical (unpaired) electrons. The Morgan fingerprint density at radius 1 is 1.19 bits per heavy atom. The van der Waals surface area contributed by atoms with E-state index in [9.17, 15) is 9.18 Å². The van der Waals surface area contributed by atoms with Crippen LogP contribution in [0.15, 0.2) is 64.2 Å². The molecule has 2 aromatic carbocycles. The molecule has 0 bridgehead atoms. The van der Waals surface area contributed by atoms with Crippen LogP contribution in [0.2, 0.25) is 0 Å². The van der Waals surface area contributed by atoms with Gasteiger partial charge in [0, 0.05) is 41.9 Å². The van der Waals surface area contributed by atoms with Crippen LogP contribution in [0.25, 0.3) is 16.9 Å². The van der Waals surface area contributed by atoms with E-state index in [0.717, 1.165) is 57.8 Å². The Hall–Kier alpha value is -4.53. The molecule has 0 atom stereocenters. The number of benzene rings is 2. The number of aromatic amines is 1. The Morgan fingerprint density at radius 3 is 2.86 bits per heavy atom. The van der Waals surface area contributed by atoms with Gasteiger partial charge in [-0.2, -0.15) is 0 Å². The average molecular weight is 496 g/mol. The monoisotopic (exact) mass is 495 g/mol. The van der Waals surface area contributed by atoms with Crippen LogP contribution in [0.4, 0.5) is 4.39 Å². The number of aromatic nitrogens is 5.